The number of nitrogens with one attached hydrogen (secondary N) is 1. The van der Waals surface area contributed by atoms with Gasteiger partial charge in [-0.25, -0.2) is 0 Å². The Hall–Kier alpha value is -2.28. The fourth-order valence-electron chi connectivity index (χ4n) is 1.59. The second kappa shape index (κ2) is 4.92. The Morgan fingerprint density at radius 3 is 2.83 bits per heavy atom. The molecule has 18 heavy (non-hydrogen) atoms. The number of aromatic nitrogens is 2. The highest BCUT2D eigenvalue weighted by Crippen LogP contribution is 2.25. The second-order valence-electron chi connectivity index (χ2n) is 3.79. The Morgan fingerprint density at radius 1 is 1.44 bits per heavy atom. The lowest BCUT2D eigenvalue weighted by atomic mass is 10.1. The topological polar surface area (TPSA) is 94.1 Å². The normalized spacial score (nSPS) is 10.6. The number of rotatable bonds is 4. The van der Waals surface area contributed by atoms with Crippen molar-refractivity contribution in [1.29, 1.82) is 0 Å². The van der Waals surface area contributed by atoms with Crippen LogP contribution in [0, 0.1) is 17.0 Å². The van der Waals surface area contributed by atoms with Crippen molar-refractivity contribution in [2.45, 2.75) is 13.5 Å². The third kappa shape index (κ3) is 2.35. The maximum absolute atomic E-state index is 10.7. The van der Waals surface area contributed by atoms with Crippen molar-refractivity contribution < 1.29 is 9.34 Å². The van der Waals surface area contributed by atoms with Crippen molar-refractivity contribution in [3.63, 3.8) is 0 Å². The molecule has 0 atom stereocenters. The molecule has 1 N–H and O–H groups in total. The molecular formula is C11H12N4O3. The molecule has 0 aliphatic heterocycles. The molecule has 1 aromatic heterocycles. The van der Waals surface area contributed by atoms with Crippen LogP contribution >= 0.6 is 0 Å². The lowest BCUT2D eigenvalue weighted by Gasteiger charge is -1.99. The van der Waals surface area contributed by atoms with E-state index < -0.39 is 4.92 Å². The summed E-state index contributed by atoms with van der Waals surface area (Å²) in [6, 6.07) is 4.70. The van der Waals surface area contributed by atoms with E-state index in [4.69, 9.17) is 4.42 Å². The van der Waals surface area contributed by atoms with Gasteiger partial charge in [0.15, 0.2) is 0 Å². The van der Waals surface area contributed by atoms with Gasteiger partial charge in [0.05, 0.1) is 11.5 Å². The van der Waals surface area contributed by atoms with E-state index in [9.17, 15) is 10.1 Å². The van der Waals surface area contributed by atoms with Crippen LogP contribution in [0.1, 0.15) is 11.5 Å². The molecule has 7 heteroatoms. The molecule has 0 radical (unpaired) electrons. The van der Waals surface area contributed by atoms with Crippen LogP contribution in [0.4, 0.5) is 5.69 Å². The van der Waals surface area contributed by atoms with Crippen molar-refractivity contribution >= 4 is 5.69 Å². The molecule has 1 heterocycles. The molecule has 0 spiro atoms. The van der Waals surface area contributed by atoms with Crippen molar-refractivity contribution in [2.75, 3.05) is 7.05 Å². The fraction of sp³-hybridized carbons (Fsp3) is 0.273. The van der Waals surface area contributed by atoms with E-state index in [1.807, 2.05) is 0 Å². The summed E-state index contributed by atoms with van der Waals surface area (Å²) in [6.07, 6.45) is 0. The average molecular weight is 248 g/mol. The molecule has 1 aromatic carbocycles. The minimum Gasteiger partial charge on any atom is -0.419 e. The third-order valence-corrected chi connectivity index (χ3v) is 2.44. The molecule has 0 aliphatic carbocycles. The number of aryl methyl sites for hydroxylation is 1. The Labute approximate surface area is 103 Å². The number of nitrogens with zero attached hydrogens (tertiary/aromatic N) is 3. The highest BCUT2D eigenvalue weighted by molar-refractivity contribution is 5.58. The van der Waals surface area contributed by atoms with Crippen LogP contribution in [0.2, 0.25) is 0 Å². The first-order valence-corrected chi connectivity index (χ1v) is 5.34. The average Bonchev–Trinajstić information content (AvgIpc) is 2.77. The first kappa shape index (κ1) is 12.2. The van der Waals surface area contributed by atoms with E-state index in [0.29, 0.717) is 29.5 Å². The monoisotopic (exact) mass is 248 g/mol. The van der Waals surface area contributed by atoms with Crippen LogP contribution in [-0.4, -0.2) is 22.2 Å². The van der Waals surface area contributed by atoms with Gasteiger partial charge in [-0.1, -0.05) is 0 Å². The molecule has 7 nitrogen and oxygen atoms in total. The zero-order chi connectivity index (χ0) is 13.1. The van der Waals surface area contributed by atoms with Crippen molar-refractivity contribution in [3.8, 4) is 11.5 Å². The first-order chi connectivity index (χ1) is 8.61. The standard InChI is InChI=1S/C11H12N4O3/c1-7-5-8(3-4-9(7)15(16)17)11-14-13-10(18-11)6-12-2/h3-5,12H,6H2,1-2H3. The summed E-state index contributed by atoms with van der Waals surface area (Å²) in [5, 5.41) is 21.4. The van der Waals surface area contributed by atoms with Crippen molar-refractivity contribution in [2.24, 2.45) is 0 Å². The predicted octanol–water partition coefficient (Wildman–Crippen LogP) is 1.67. The zero-order valence-electron chi connectivity index (χ0n) is 10.0. The number of nitro groups is 1. The van der Waals surface area contributed by atoms with Gasteiger partial charge < -0.3 is 9.73 Å². The van der Waals surface area contributed by atoms with Crippen LogP contribution in [0.3, 0.4) is 0 Å². The van der Waals surface area contributed by atoms with Gasteiger partial charge in [-0.3, -0.25) is 10.1 Å². The van der Waals surface area contributed by atoms with Gasteiger partial charge >= 0.3 is 0 Å². The van der Waals surface area contributed by atoms with Gasteiger partial charge in [-0.15, -0.1) is 10.2 Å². The highest BCUT2D eigenvalue weighted by Gasteiger charge is 2.14. The number of hydrogen-bond acceptors (Lipinski definition) is 6. The summed E-state index contributed by atoms with van der Waals surface area (Å²) in [4.78, 5) is 10.3. The molecule has 0 saturated carbocycles. The summed E-state index contributed by atoms with van der Waals surface area (Å²) < 4.78 is 5.41. The molecule has 0 unspecified atom stereocenters. The molecule has 0 saturated heterocycles. The minimum absolute atomic E-state index is 0.0775. The number of nitro benzene ring substituents is 1. The zero-order valence-corrected chi connectivity index (χ0v) is 10.0. The summed E-state index contributed by atoms with van der Waals surface area (Å²) in [5.41, 5.74) is 1.31. The Bertz CT molecular complexity index is 579. The van der Waals surface area contributed by atoms with Gasteiger partial charge in [-0.05, 0) is 26.1 Å². The lowest BCUT2D eigenvalue weighted by molar-refractivity contribution is -0.385. The molecule has 0 bridgehead atoms. The quantitative estimate of drug-likeness (QED) is 0.653. The van der Waals surface area contributed by atoms with E-state index in [0.717, 1.165) is 0 Å². The smallest absolute Gasteiger partial charge is 0.272 e. The van der Waals surface area contributed by atoms with Gasteiger partial charge in [0, 0.05) is 17.2 Å². The predicted molar refractivity (Wildman–Crippen MR) is 63.9 cm³/mol. The van der Waals surface area contributed by atoms with E-state index >= 15 is 0 Å². The Balaban J connectivity index is 2.33. The molecule has 0 fully saturated rings. The molecule has 94 valence electrons. The van der Waals surface area contributed by atoms with Crippen LogP contribution < -0.4 is 5.32 Å². The summed E-state index contributed by atoms with van der Waals surface area (Å²) in [5.74, 6) is 0.835. The fourth-order valence-corrected chi connectivity index (χ4v) is 1.59. The van der Waals surface area contributed by atoms with E-state index in [-0.39, 0.29) is 5.69 Å². The van der Waals surface area contributed by atoms with E-state index in [1.54, 1.807) is 26.1 Å². The van der Waals surface area contributed by atoms with Gasteiger partial charge in [-0.2, -0.15) is 0 Å². The molecule has 0 aliphatic rings. The van der Waals surface area contributed by atoms with Gasteiger partial charge in [0.1, 0.15) is 0 Å². The molecule has 0 amide bonds. The Kier molecular flexibility index (Phi) is 3.33. The lowest BCUT2D eigenvalue weighted by Crippen LogP contribution is -2.04. The van der Waals surface area contributed by atoms with Crippen LogP contribution in [0.15, 0.2) is 22.6 Å². The highest BCUT2D eigenvalue weighted by atomic mass is 16.6. The molecule has 2 rings (SSSR count). The SMILES string of the molecule is CNCc1nnc(-c2ccc([N+](=O)[O-])c(C)c2)o1. The molecular weight excluding hydrogens is 236 g/mol. The van der Waals surface area contributed by atoms with E-state index in [1.165, 1.54) is 6.07 Å². The van der Waals surface area contributed by atoms with Crippen molar-refractivity contribution in [3.05, 3.63) is 39.8 Å². The largest absolute Gasteiger partial charge is 0.419 e. The summed E-state index contributed by atoms with van der Waals surface area (Å²) >= 11 is 0. The second-order valence-corrected chi connectivity index (χ2v) is 3.79. The molecule has 2 aromatic rings. The summed E-state index contributed by atoms with van der Waals surface area (Å²) in [6.45, 7) is 2.16. The Morgan fingerprint density at radius 2 is 2.22 bits per heavy atom. The maximum atomic E-state index is 10.7. The minimum atomic E-state index is -0.417. The first-order valence-electron chi connectivity index (χ1n) is 5.34. The van der Waals surface area contributed by atoms with Gasteiger partial charge in [0.25, 0.3) is 5.69 Å². The van der Waals surface area contributed by atoms with Gasteiger partial charge in [0.2, 0.25) is 11.8 Å². The van der Waals surface area contributed by atoms with E-state index in [2.05, 4.69) is 15.5 Å². The number of benzene rings is 1. The van der Waals surface area contributed by atoms with Crippen LogP contribution in [-0.2, 0) is 6.54 Å². The maximum Gasteiger partial charge on any atom is 0.272 e. The van der Waals surface area contributed by atoms with Crippen LogP contribution in [0.25, 0.3) is 11.5 Å². The van der Waals surface area contributed by atoms with Crippen LogP contribution in [0.5, 0.6) is 0 Å². The third-order valence-electron chi connectivity index (χ3n) is 2.44. The summed E-state index contributed by atoms with van der Waals surface area (Å²) in [7, 11) is 1.78. The van der Waals surface area contributed by atoms with Crippen molar-refractivity contribution in [1.82, 2.24) is 15.5 Å². The number of hydrogen-bond donors (Lipinski definition) is 1.